The fraction of sp³-hybridized carbons (Fsp3) is 0.432. The van der Waals surface area contributed by atoms with E-state index in [-0.39, 0.29) is 90.0 Å². The predicted molar refractivity (Wildman–Crippen MR) is 203 cm³/mol. The van der Waals surface area contributed by atoms with Crippen LogP contribution in [0.4, 0.5) is 0 Å². The molecule has 0 radical (unpaired) electrons. The van der Waals surface area contributed by atoms with Crippen molar-refractivity contribution in [3.05, 3.63) is 77.9 Å². The first-order chi connectivity index (χ1) is 26.2. The first-order valence-electron chi connectivity index (χ1n) is 17.9. The highest BCUT2D eigenvalue weighted by molar-refractivity contribution is 7.89. The third kappa shape index (κ3) is 14.6. The minimum Gasteiger partial charge on any atom is -0.480 e. The van der Waals surface area contributed by atoms with Gasteiger partial charge in [0.05, 0.1) is 37.7 Å². The van der Waals surface area contributed by atoms with E-state index in [2.05, 4.69) is 10.6 Å². The quantitative estimate of drug-likeness (QED) is 0.103. The van der Waals surface area contributed by atoms with E-state index in [1.807, 2.05) is 42.5 Å². The highest BCUT2D eigenvalue weighted by atomic mass is 32.2. The van der Waals surface area contributed by atoms with Crippen LogP contribution in [0.2, 0.25) is 0 Å². The molecule has 3 aromatic carbocycles. The smallest absolute Gasteiger partial charge is 0.317 e. The number of carboxylic acid groups (broad SMARTS) is 3. The van der Waals surface area contributed by atoms with Crippen molar-refractivity contribution in [2.45, 2.75) is 30.2 Å². The van der Waals surface area contributed by atoms with Crippen LogP contribution in [0.1, 0.15) is 17.5 Å². The van der Waals surface area contributed by atoms with Crippen LogP contribution in [0.5, 0.6) is 0 Å². The number of nitrogens with two attached hydrogens (primary N) is 1. The van der Waals surface area contributed by atoms with Crippen molar-refractivity contribution in [2.75, 3.05) is 78.7 Å². The topological polar surface area (TPSA) is 243 Å². The van der Waals surface area contributed by atoms with Gasteiger partial charge in [0, 0.05) is 45.8 Å². The molecule has 0 aliphatic carbocycles. The highest BCUT2D eigenvalue weighted by Crippen LogP contribution is 2.20. The summed E-state index contributed by atoms with van der Waals surface area (Å²) in [6, 6.07) is 18.8. The number of rotatable bonds is 17. The number of fused-ring (bicyclic) bond motifs is 1. The Morgan fingerprint density at radius 2 is 1.20 bits per heavy atom. The third-order valence-electron chi connectivity index (χ3n) is 9.24. The maximum Gasteiger partial charge on any atom is 0.317 e. The molecular weight excluding hydrogens is 735 g/mol. The van der Waals surface area contributed by atoms with Crippen molar-refractivity contribution < 1.29 is 47.7 Å². The van der Waals surface area contributed by atoms with Gasteiger partial charge in [-0.05, 0) is 53.3 Å². The van der Waals surface area contributed by atoms with Gasteiger partial charge in [-0.2, -0.15) is 0 Å². The second-order valence-corrected chi connectivity index (χ2v) is 15.1. The van der Waals surface area contributed by atoms with Crippen molar-refractivity contribution in [2.24, 2.45) is 5.14 Å². The monoisotopic (exact) mass is 783 g/mol. The Morgan fingerprint density at radius 3 is 1.78 bits per heavy atom. The summed E-state index contributed by atoms with van der Waals surface area (Å²) in [5.41, 5.74) is 1.75. The zero-order valence-electron chi connectivity index (χ0n) is 30.5. The number of sulfonamides is 1. The molecule has 1 aliphatic rings. The van der Waals surface area contributed by atoms with Crippen molar-refractivity contribution in [1.82, 2.24) is 30.2 Å². The zero-order valence-corrected chi connectivity index (χ0v) is 31.3. The first-order valence-corrected chi connectivity index (χ1v) is 19.4. The molecule has 0 bridgehead atoms. The van der Waals surface area contributed by atoms with Crippen LogP contribution in [-0.2, 0) is 46.8 Å². The predicted octanol–water partition coefficient (Wildman–Crippen LogP) is -0.304. The molecule has 298 valence electrons. The van der Waals surface area contributed by atoms with Crippen molar-refractivity contribution in [3.8, 4) is 0 Å². The number of primary sulfonamides is 1. The molecular formula is C37H49N7O10S. The number of carbonyl (C=O) groups excluding carboxylic acids is 2. The lowest BCUT2D eigenvalue weighted by Gasteiger charge is -2.31. The number of aliphatic carboxylic acids is 3. The Morgan fingerprint density at radius 1 is 0.673 bits per heavy atom. The van der Waals surface area contributed by atoms with Crippen LogP contribution < -0.4 is 15.8 Å². The number of amides is 2. The SMILES string of the molecule is NS(=O)(=O)c1ccc(CCNC(=O)[C@H](CCc2cccc3ccccc23)NC(=O)CN2CCN(CC(=O)O)CCN(CC(=O)O)CCN(CC(=O)O)C2)cc1. The Labute approximate surface area is 319 Å². The molecule has 1 atom stereocenters. The molecule has 1 heterocycles. The lowest BCUT2D eigenvalue weighted by molar-refractivity contribution is -0.140. The zero-order chi connectivity index (χ0) is 40.0. The van der Waals surface area contributed by atoms with Gasteiger partial charge < -0.3 is 26.0 Å². The number of carboxylic acids is 3. The average Bonchev–Trinajstić information content (AvgIpc) is 3.14. The number of nitrogens with zero attached hydrogens (tertiary/aromatic N) is 4. The van der Waals surface area contributed by atoms with Crippen LogP contribution in [-0.4, -0.2) is 158 Å². The molecule has 1 aliphatic heterocycles. The summed E-state index contributed by atoms with van der Waals surface area (Å²) in [5, 5.41) is 41.5. The second kappa shape index (κ2) is 20.6. The van der Waals surface area contributed by atoms with Crippen LogP contribution in [0.25, 0.3) is 10.8 Å². The van der Waals surface area contributed by atoms with Crippen molar-refractivity contribution in [1.29, 1.82) is 0 Å². The average molecular weight is 784 g/mol. The van der Waals surface area contributed by atoms with Gasteiger partial charge in [0.1, 0.15) is 6.04 Å². The molecule has 1 saturated heterocycles. The third-order valence-corrected chi connectivity index (χ3v) is 10.2. The molecule has 4 rings (SSSR count). The molecule has 18 heteroatoms. The summed E-state index contributed by atoms with van der Waals surface area (Å²) >= 11 is 0. The van der Waals surface area contributed by atoms with Gasteiger partial charge in [-0.25, -0.2) is 13.6 Å². The fourth-order valence-electron chi connectivity index (χ4n) is 6.47. The number of aryl methyl sites for hydroxylation is 1. The Balaban J connectivity index is 1.50. The lowest BCUT2D eigenvalue weighted by Crippen LogP contribution is -2.52. The maximum absolute atomic E-state index is 13.7. The maximum atomic E-state index is 13.7. The number of benzene rings is 3. The molecule has 0 unspecified atom stereocenters. The molecule has 7 N–H and O–H groups in total. The molecule has 55 heavy (non-hydrogen) atoms. The Bertz CT molecular complexity index is 1910. The standard InChI is InChI=1S/C37H49N7O10S/c38-55(53,54)30-11-8-27(9-12-30)14-15-39-37(52)32(13-10-29-6-3-5-28-4-1-2-7-31(28)29)40-33(45)22-43-20-18-41(23-34(46)47)16-17-42(24-35(48)49)19-21-44(26-43)25-36(50)51/h1-9,11-12,32H,10,13-26H2,(H,39,52)(H,40,45)(H,46,47)(H,48,49)(H,50,51)(H2,38,53,54)/t32-/m0/s1. The van der Waals surface area contributed by atoms with Crippen LogP contribution in [0.3, 0.4) is 0 Å². The van der Waals surface area contributed by atoms with Crippen molar-refractivity contribution >= 4 is 50.5 Å². The van der Waals surface area contributed by atoms with Gasteiger partial charge >= 0.3 is 17.9 Å². The van der Waals surface area contributed by atoms with Gasteiger partial charge in [0.25, 0.3) is 0 Å². The molecule has 2 amide bonds. The number of hydrogen-bond donors (Lipinski definition) is 6. The minimum atomic E-state index is -3.85. The summed E-state index contributed by atoms with van der Waals surface area (Å²) in [4.78, 5) is 68.8. The van der Waals surface area contributed by atoms with E-state index in [4.69, 9.17) is 5.14 Å². The van der Waals surface area contributed by atoms with Gasteiger partial charge in [-0.15, -0.1) is 0 Å². The Kier molecular flexibility index (Phi) is 16.0. The summed E-state index contributed by atoms with van der Waals surface area (Å²) in [5.74, 6) is -4.18. The highest BCUT2D eigenvalue weighted by Gasteiger charge is 2.25. The van der Waals surface area contributed by atoms with Gasteiger partial charge in [-0.1, -0.05) is 54.6 Å². The van der Waals surface area contributed by atoms with E-state index >= 15 is 0 Å². The van der Waals surface area contributed by atoms with E-state index in [9.17, 15) is 47.7 Å². The lowest BCUT2D eigenvalue weighted by atomic mass is 9.98. The number of carbonyl (C=O) groups is 5. The van der Waals surface area contributed by atoms with Gasteiger partial charge in [0.15, 0.2) is 0 Å². The summed E-state index contributed by atoms with van der Waals surface area (Å²) in [6.45, 7) is 0.237. The minimum absolute atomic E-state index is 0.0126. The second-order valence-electron chi connectivity index (χ2n) is 13.5. The van der Waals surface area contributed by atoms with Crippen LogP contribution in [0, 0.1) is 0 Å². The summed E-state index contributed by atoms with van der Waals surface area (Å²) in [7, 11) is -3.85. The van der Waals surface area contributed by atoms with Crippen molar-refractivity contribution in [3.63, 3.8) is 0 Å². The van der Waals surface area contributed by atoms with Crippen LogP contribution in [0.15, 0.2) is 71.6 Å². The molecule has 17 nitrogen and oxygen atoms in total. The van der Waals surface area contributed by atoms with Gasteiger partial charge in [0.2, 0.25) is 21.8 Å². The van der Waals surface area contributed by atoms with E-state index in [1.54, 1.807) is 31.7 Å². The van der Waals surface area contributed by atoms with E-state index in [1.165, 1.54) is 12.1 Å². The number of nitrogens with one attached hydrogen (secondary N) is 2. The largest absolute Gasteiger partial charge is 0.480 e. The molecule has 1 fully saturated rings. The molecule has 0 aromatic heterocycles. The molecule has 0 saturated carbocycles. The first kappa shape index (κ1) is 42.8. The van der Waals surface area contributed by atoms with E-state index < -0.39 is 45.8 Å². The number of hydrogen-bond acceptors (Lipinski definition) is 11. The molecule has 0 spiro atoms. The Hall–Kier alpha value is -4.98. The van der Waals surface area contributed by atoms with E-state index in [0.717, 1.165) is 21.9 Å². The fourth-order valence-corrected chi connectivity index (χ4v) is 6.98. The summed E-state index contributed by atoms with van der Waals surface area (Å²) in [6.07, 6.45) is 1.10. The normalized spacial score (nSPS) is 16.2. The van der Waals surface area contributed by atoms with Gasteiger partial charge in [-0.3, -0.25) is 43.6 Å². The van der Waals surface area contributed by atoms with Crippen LogP contribution >= 0.6 is 0 Å². The molecule has 3 aromatic rings. The summed E-state index contributed by atoms with van der Waals surface area (Å²) < 4.78 is 23.2. The van der Waals surface area contributed by atoms with E-state index in [0.29, 0.717) is 12.8 Å².